The van der Waals surface area contributed by atoms with E-state index in [1.807, 2.05) is 18.2 Å². The van der Waals surface area contributed by atoms with Gasteiger partial charge in [-0.25, -0.2) is 0 Å². The third kappa shape index (κ3) is 4.55. The highest BCUT2D eigenvalue weighted by atomic mass is 16.6. The van der Waals surface area contributed by atoms with Crippen molar-refractivity contribution >= 4 is 0 Å². The number of methoxy groups -OCH3 is 1. The molecule has 2 aliphatic heterocycles. The lowest BCUT2D eigenvalue weighted by Gasteiger charge is -2.66. The third-order valence-corrected chi connectivity index (χ3v) is 11.1. The summed E-state index contributed by atoms with van der Waals surface area (Å²) in [7, 11) is 1.70. The third-order valence-electron chi connectivity index (χ3n) is 11.1. The van der Waals surface area contributed by atoms with Gasteiger partial charge in [0.2, 0.25) is 0 Å². The minimum absolute atomic E-state index is 0.0357. The fourth-order valence-corrected chi connectivity index (χ4v) is 8.92. The number of nitrogens with zero attached hydrogens (tertiary/aromatic N) is 1. The molecule has 2 bridgehead atoms. The summed E-state index contributed by atoms with van der Waals surface area (Å²) in [6, 6.07) is 23.4. The molecule has 3 aromatic rings. The molecule has 232 valence electrons. The first-order chi connectivity index (χ1) is 21.6. The van der Waals surface area contributed by atoms with Crippen LogP contribution in [0.2, 0.25) is 0 Å². The van der Waals surface area contributed by atoms with Crippen molar-refractivity contribution in [1.82, 2.24) is 4.90 Å². The van der Waals surface area contributed by atoms with Crippen molar-refractivity contribution in [2.24, 2.45) is 5.92 Å². The molecule has 1 unspecified atom stereocenters. The van der Waals surface area contributed by atoms with Gasteiger partial charge in [-0.15, -0.1) is 0 Å². The zero-order valence-electron chi connectivity index (χ0n) is 26.1. The van der Waals surface area contributed by atoms with Gasteiger partial charge in [-0.05, 0) is 92.3 Å². The summed E-state index contributed by atoms with van der Waals surface area (Å²) < 4.78 is 33.2. The van der Waals surface area contributed by atoms with Crippen molar-refractivity contribution in [3.8, 4) is 17.2 Å². The summed E-state index contributed by atoms with van der Waals surface area (Å²) in [6.45, 7) is 6.34. The summed E-state index contributed by atoms with van der Waals surface area (Å²) in [4.78, 5) is 2.80. The maximum Gasteiger partial charge on any atom is 0.166 e. The van der Waals surface area contributed by atoms with Crippen molar-refractivity contribution < 1.29 is 23.7 Å². The molecule has 5 atom stereocenters. The van der Waals surface area contributed by atoms with Crippen LogP contribution in [0.3, 0.4) is 0 Å². The van der Waals surface area contributed by atoms with Crippen LogP contribution in [-0.2, 0) is 34.5 Å². The summed E-state index contributed by atoms with van der Waals surface area (Å²) in [5.41, 5.74) is 4.50. The fraction of sp³-hybridized carbons (Fsp3) is 0.526. The average Bonchev–Trinajstić information content (AvgIpc) is 3.82. The second kappa shape index (κ2) is 11.4. The van der Waals surface area contributed by atoms with Gasteiger partial charge < -0.3 is 23.7 Å². The lowest BCUT2D eigenvalue weighted by atomic mass is 9.48. The molecule has 0 N–H and O–H groups in total. The molecular weight excluding hydrogens is 550 g/mol. The SMILES string of the molecule is CCCOC12CC[C@@H](OCc3ccc(OC)cc3)[C@@H]3Oc4c(OCc5ccccc5)ccc5c4[C@@]31CCN(CC1CC1)[C@@H]2C5. The van der Waals surface area contributed by atoms with Crippen LogP contribution in [0.5, 0.6) is 17.2 Å². The van der Waals surface area contributed by atoms with Crippen LogP contribution in [0, 0.1) is 5.92 Å². The summed E-state index contributed by atoms with van der Waals surface area (Å²) in [5, 5.41) is 0. The normalized spacial score (nSPS) is 30.0. The number of ether oxygens (including phenoxy) is 5. The Kier molecular flexibility index (Phi) is 7.35. The first kappa shape index (κ1) is 28.4. The van der Waals surface area contributed by atoms with Gasteiger partial charge in [0.25, 0.3) is 0 Å². The summed E-state index contributed by atoms with van der Waals surface area (Å²) >= 11 is 0. The molecule has 6 heteroatoms. The molecule has 8 rings (SSSR count). The Balaban J connectivity index is 1.18. The van der Waals surface area contributed by atoms with Crippen molar-refractivity contribution in [2.75, 3.05) is 26.8 Å². The van der Waals surface area contributed by atoms with E-state index in [0.717, 1.165) is 79.5 Å². The predicted octanol–water partition coefficient (Wildman–Crippen LogP) is 6.86. The average molecular weight is 596 g/mol. The molecule has 6 nitrogen and oxygen atoms in total. The van der Waals surface area contributed by atoms with Crippen LogP contribution in [0.25, 0.3) is 0 Å². The molecule has 3 aromatic carbocycles. The minimum atomic E-state index is -0.295. The molecule has 1 spiro atoms. The Bertz CT molecular complexity index is 1470. The van der Waals surface area contributed by atoms with Crippen molar-refractivity contribution in [1.29, 1.82) is 0 Å². The molecule has 0 amide bonds. The Hall–Kier alpha value is -3.06. The van der Waals surface area contributed by atoms with E-state index in [1.54, 1.807) is 7.11 Å². The van der Waals surface area contributed by atoms with Crippen molar-refractivity contribution in [2.45, 2.75) is 94.3 Å². The highest BCUT2D eigenvalue weighted by Crippen LogP contribution is 2.67. The number of piperidine rings is 1. The van der Waals surface area contributed by atoms with Crippen LogP contribution in [0.1, 0.15) is 67.7 Å². The van der Waals surface area contributed by atoms with Gasteiger partial charge in [0.1, 0.15) is 18.5 Å². The van der Waals surface area contributed by atoms with Gasteiger partial charge in [-0.1, -0.05) is 55.5 Å². The van der Waals surface area contributed by atoms with Crippen molar-refractivity contribution in [3.63, 3.8) is 0 Å². The molecule has 44 heavy (non-hydrogen) atoms. The van der Waals surface area contributed by atoms with Gasteiger partial charge >= 0.3 is 0 Å². The first-order valence-electron chi connectivity index (χ1n) is 16.8. The Morgan fingerprint density at radius 2 is 1.73 bits per heavy atom. The smallest absolute Gasteiger partial charge is 0.166 e. The maximum absolute atomic E-state index is 7.25. The number of rotatable bonds is 12. The zero-order valence-corrected chi connectivity index (χ0v) is 26.1. The highest BCUT2D eigenvalue weighted by Gasteiger charge is 2.74. The predicted molar refractivity (Wildman–Crippen MR) is 169 cm³/mol. The maximum atomic E-state index is 7.25. The van der Waals surface area contributed by atoms with Crippen molar-refractivity contribution in [3.05, 3.63) is 89.0 Å². The van der Waals surface area contributed by atoms with Gasteiger partial charge in [0.05, 0.1) is 30.8 Å². The minimum Gasteiger partial charge on any atom is -0.497 e. The Morgan fingerprint density at radius 1 is 0.909 bits per heavy atom. The Morgan fingerprint density at radius 3 is 2.50 bits per heavy atom. The topological polar surface area (TPSA) is 49.4 Å². The molecular formula is C38H45NO5. The molecule has 2 saturated carbocycles. The van der Waals surface area contributed by atoms with E-state index in [2.05, 4.69) is 60.4 Å². The van der Waals surface area contributed by atoms with Crippen LogP contribution >= 0.6 is 0 Å². The number of likely N-dealkylation sites (tertiary alicyclic amines) is 1. The summed E-state index contributed by atoms with van der Waals surface area (Å²) in [6.07, 6.45) is 7.53. The number of hydrogen-bond donors (Lipinski definition) is 0. The molecule has 3 aliphatic carbocycles. The van der Waals surface area contributed by atoms with E-state index in [1.165, 1.54) is 30.5 Å². The lowest BCUT2D eigenvalue weighted by Crippen LogP contribution is -2.78. The van der Waals surface area contributed by atoms with E-state index < -0.39 is 0 Å². The highest BCUT2D eigenvalue weighted by molar-refractivity contribution is 5.63. The van der Waals surface area contributed by atoms with Gasteiger partial charge in [0.15, 0.2) is 11.5 Å². The van der Waals surface area contributed by atoms with E-state index in [-0.39, 0.29) is 23.2 Å². The number of hydrogen-bond acceptors (Lipinski definition) is 6. The molecule has 3 fully saturated rings. The van der Waals surface area contributed by atoms with Crippen LogP contribution < -0.4 is 14.2 Å². The largest absolute Gasteiger partial charge is 0.497 e. The van der Waals surface area contributed by atoms with Gasteiger partial charge in [0, 0.05) is 24.8 Å². The summed E-state index contributed by atoms with van der Waals surface area (Å²) in [5.74, 6) is 3.48. The van der Waals surface area contributed by atoms with Crippen LogP contribution in [-0.4, -0.2) is 55.6 Å². The molecule has 1 saturated heterocycles. The zero-order chi connectivity index (χ0) is 29.7. The van der Waals surface area contributed by atoms with Crippen LogP contribution in [0.4, 0.5) is 0 Å². The molecule has 0 aromatic heterocycles. The quantitative estimate of drug-likeness (QED) is 0.228. The molecule has 0 radical (unpaired) electrons. The van der Waals surface area contributed by atoms with E-state index in [0.29, 0.717) is 19.3 Å². The number of benzene rings is 3. The van der Waals surface area contributed by atoms with E-state index >= 15 is 0 Å². The monoisotopic (exact) mass is 595 g/mol. The second-order valence-electron chi connectivity index (χ2n) is 13.6. The first-order valence-corrected chi connectivity index (χ1v) is 16.8. The van der Waals surface area contributed by atoms with Gasteiger partial charge in [-0.2, -0.15) is 0 Å². The van der Waals surface area contributed by atoms with E-state index in [9.17, 15) is 0 Å². The molecule has 2 heterocycles. The Labute approximate surface area is 261 Å². The van der Waals surface area contributed by atoms with E-state index in [4.69, 9.17) is 23.7 Å². The molecule has 5 aliphatic rings. The fourth-order valence-electron chi connectivity index (χ4n) is 8.92. The second-order valence-corrected chi connectivity index (χ2v) is 13.6. The lowest BCUT2D eigenvalue weighted by molar-refractivity contribution is -0.239. The standard InChI is InChI=1S/C38H45NO5/c1-3-21-43-38-18-17-32(42-25-28-11-14-30(40-2)15-12-28)36-37(38)19-20-39(23-26-9-10-26)33(38)22-29-13-16-31(35(44-36)34(29)37)41-24-27-7-5-4-6-8-27/h4-8,11-16,26,32-33,36H,3,9-10,17-25H2,1-2H3/t32-,33-,36+,37+,38?/m1/s1. The van der Waals surface area contributed by atoms with Crippen LogP contribution in [0.15, 0.2) is 66.7 Å². The van der Waals surface area contributed by atoms with Gasteiger partial charge in [-0.3, -0.25) is 4.90 Å².